The third-order valence-electron chi connectivity index (χ3n) is 6.87. The van der Waals surface area contributed by atoms with Crippen molar-refractivity contribution in [1.29, 1.82) is 0 Å². The second-order valence-electron chi connectivity index (χ2n) is 10.0. The summed E-state index contributed by atoms with van der Waals surface area (Å²) in [5.74, 6) is 4.87. The van der Waals surface area contributed by atoms with Crippen molar-refractivity contribution in [2.45, 2.75) is 92.9 Å². The number of hydrogen-bond acceptors (Lipinski definition) is 1. The molecule has 0 heterocycles. The average Bonchev–Trinajstić information content (AvgIpc) is 2.75. The highest BCUT2D eigenvalue weighted by atomic mass is 16.5. The molecular formula is C30H46O. The lowest BCUT2D eigenvalue weighted by Crippen LogP contribution is -2.13. The molecule has 0 amide bonds. The second kappa shape index (κ2) is 13.6. The third kappa shape index (κ3) is 8.36. The summed E-state index contributed by atoms with van der Waals surface area (Å²) in [5.41, 5.74) is 2.69. The maximum Gasteiger partial charge on any atom is 0.130 e. The lowest BCUT2D eigenvalue weighted by molar-refractivity contribution is 0.338. The summed E-state index contributed by atoms with van der Waals surface area (Å²) in [6, 6.07) is 17.4. The van der Waals surface area contributed by atoms with E-state index in [0.717, 1.165) is 24.3 Å². The van der Waals surface area contributed by atoms with Gasteiger partial charge in [0.15, 0.2) is 0 Å². The molecular weight excluding hydrogens is 376 g/mol. The minimum Gasteiger partial charge on any atom is -0.457 e. The van der Waals surface area contributed by atoms with Crippen LogP contribution in [0.5, 0.6) is 11.5 Å². The minimum atomic E-state index is 0.692. The van der Waals surface area contributed by atoms with Crippen LogP contribution < -0.4 is 4.74 Å². The Morgan fingerprint density at radius 3 is 1.35 bits per heavy atom. The Kier molecular flexibility index (Phi) is 11.2. The van der Waals surface area contributed by atoms with Crippen molar-refractivity contribution >= 4 is 0 Å². The van der Waals surface area contributed by atoms with Crippen LogP contribution in [-0.4, -0.2) is 0 Å². The van der Waals surface area contributed by atoms with E-state index in [0.29, 0.717) is 23.7 Å². The van der Waals surface area contributed by atoms with Gasteiger partial charge in [-0.1, -0.05) is 104 Å². The topological polar surface area (TPSA) is 9.23 Å². The van der Waals surface area contributed by atoms with Gasteiger partial charge in [-0.15, -0.1) is 0 Å². The van der Waals surface area contributed by atoms with Gasteiger partial charge in [-0.3, -0.25) is 0 Å². The van der Waals surface area contributed by atoms with Gasteiger partial charge in [-0.05, 0) is 72.6 Å². The Morgan fingerprint density at radius 1 is 0.613 bits per heavy atom. The SMILES string of the molecule is CCCCC(Cc1ccccc1Oc1ccccc1CC(CCCC)C(C)C)C(C)C. The first-order valence-corrected chi connectivity index (χ1v) is 12.8. The van der Waals surface area contributed by atoms with Crippen LogP contribution in [0.1, 0.15) is 91.2 Å². The molecule has 2 atom stereocenters. The third-order valence-corrected chi connectivity index (χ3v) is 6.87. The molecule has 0 bridgehead atoms. The normalized spacial score (nSPS) is 13.5. The summed E-state index contributed by atoms with van der Waals surface area (Å²) in [6.07, 6.45) is 9.95. The molecule has 0 radical (unpaired) electrons. The van der Waals surface area contributed by atoms with Crippen molar-refractivity contribution in [2.24, 2.45) is 23.7 Å². The molecule has 2 aromatic rings. The molecule has 0 N–H and O–H groups in total. The number of benzene rings is 2. The Hall–Kier alpha value is -1.76. The monoisotopic (exact) mass is 422 g/mol. The van der Waals surface area contributed by atoms with E-state index in [-0.39, 0.29) is 0 Å². The van der Waals surface area contributed by atoms with Crippen LogP contribution in [0.3, 0.4) is 0 Å². The zero-order valence-electron chi connectivity index (χ0n) is 21.0. The van der Waals surface area contributed by atoms with Crippen LogP contribution in [0.2, 0.25) is 0 Å². The molecule has 2 unspecified atom stereocenters. The fraction of sp³-hybridized carbons (Fsp3) is 0.600. The van der Waals surface area contributed by atoms with Crippen LogP contribution >= 0.6 is 0 Å². The number of ether oxygens (including phenoxy) is 1. The van der Waals surface area contributed by atoms with Crippen molar-refractivity contribution in [3.05, 3.63) is 59.7 Å². The molecule has 0 saturated heterocycles. The second-order valence-corrected chi connectivity index (χ2v) is 10.0. The van der Waals surface area contributed by atoms with Gasteiger partial charge in [-0.25, -0.2) is 0 Å². The zero-order chi connectivity index (χ0) is 22.6. The molecule has 0 aliphatic rings. The number of rotatable bonds is 14. The van der Waals surface area contributed by atoms with Gasteiger partial charge in [0.05, 0.1) is 0 Å². The van der Waals surface area contributed by atoms with Gasteiger partial charge in [0.25, 0.3) is 0 Å². The quantitative estimate of drug-likeness (QED) is 0.294. The smallest absolute Gasteiger partial charge is 0.130 e. The fourth-order valence-corrected chi connectivity index (χ4v) is 4.50. The summed E-state index contributed by atoms with van der Waals surface area (Å²) < 4.78 is 6.61. The van der Waals surface area contributed by atoms with E-state index < -0.39 is 0 Å². The van der Waals surface area contributed by atoms with Crippen molar-refractivity contribution < 1.29 is 4.74 Å². The standard InChI is InChI=1S/C30H46O/c1-7-9-15-25(23(3)4)21-27-17-11-13-19-29(27)31-30-20-14-12-18-28(30)22-26(24(5)6)16-10-8-2/h11-14,17-20,23-26H,7-10,15-16,21-22H2,1-6H3. The molecule has 0 fully saturated rings. The van der Waals surface area contributed by atoms with Crippen molar-refractivity contribution in [2.75, 3.05) is 0 Å². The van der Waals surface area contributed by atoms with Crippen LogP contribution in [0, 0.1) is 23.7 Å². The van der Waals surface area contributed by atoms with Gasteiger partial charge in [-0.2, -0.15) is 0 Å². The molecule has 0 aliphatic carbocycles. The first kappa shape index (κ1) is 25.5. The molecule has 0 aromatic heterocycles. The predicted octanol–water partition coefficient (Wildman–Crippen LogP) is 9.49. The molecule has 2 aromatic carbocycles. The van der Waals surface area contributed by atoms with Gasteiger partial charge < -0.3 is 4.74 Å². The number of unbranched alkanes of at least 4 members (excludes halogenated alkanes) is 2. The summed E-state index contributed by atoms with van der Waals surface area (Å²) >= 11 is 0. The Morgan fingerprint density at radius 2 is 1.00 bits per heavy atom. The van der Waals surface area contributed by atoms with E-state index in [1.54, 1.807) is 0 Å². The molecule has 2 rings (SSSR count). The van der Waals surface area contributed by atoms with E-state index in [1.165, 1.54) is 49.7 Å². The summed E-state index contributed by atoms with van der Waals surface area (Å²) in [6.45, 7) is 14.0. The van der Waals surface area contributed by atoms with Gasteiger partial charge in [0, 0.05) is 0 Å². The largest absolute Gasteiger partial charge is 0.457 e. The van der Waals surface area contributed by atoms with Crippen molar-refractivity contribution in [1.82, 2.24) is 0 Å². The maximum atomic E-state index is 6.61. The van der Waals surface area contributed by atoms with Crippen LogP contribution in [0.4, 0.5) is 0 Å². The lowest BCUT2D eigenvalue weighted by atomic mass is 9.85. The van der Waals surface area contributed by atoms with E-state index in [2.05, 4.69) is 90.1 Å². The summed E-state index contributed by atoms with van der Waals surface area (Å²) in [5, 5.41) is 0. The fourth-order valence-electron chi connectivity index (χ4n) is 4.50. The summed E-state index contributed by atoms with van der Waals surface area (Å²) in [4.78, 5) is 0. The van der Waals surface area contributed by atoms with Gasteiger partial charge in [0.2, 0.25) is 0 Å². The van der Waals surface area contributed by atoms with E-state index in [1.807, 2.05) is 0 Å². The minimum absolute atomic E-state index is 0.692. The highest BCUT2D eigenvalue weighted by molar-refractivity contribution is 5.41. The van der Waals surface area contributed by atoms with Crippen LogP contribution in [0.15, 0.2) is 48.5 Å². The Labute approximate surface area is 192 Å². The average molecular weight is 423 g/mol. The molecule has 0 aliphatic heterocycles. The van der Waals surface area contributed by atoms with Gasteiger partial charge >= 0.3 is 0 Å². The van der Waals surface area contributed by atoms with Crippen LogP contribution in [-0.2, 0) is 12.8 Å². The first-order valence-electron chi connectivity index (χ1n) is 12.8. The van der Waals surface area contributed by atoms with Gasteiger partial charge in [0.1, 0.15) is 11.5 Å². The van der Waals surface area contributed by atoms with E-state index in [9.17, 15) is 0 Å². The number of hydrogen-bond donors (Lipinski definition) is 0. The molecule has 1 heteroatoms. The van der Waals surface area contributed by atoms with Crippen molar-refractivity contribution in [3.63, 3.8) is 0 Å². The highest BCUT2D eigenvalue weighted by Crippen LogP contribution is 2.34. The number of para-hydroxylation sites is 2. The molecule has 1 nitrogen and oxygen atoms in total. The summed E-state index contributed by atoms with van der Waals surface area (Å²) in [7, 11) is 0. The van der Waals surface area contributed by atoms with Crippen molar-refractivity contribution in [3.8, 4) is 11.5 Å². The maximum absolute atomic E-state index is 6.61. The van der Waals surface area contributed by atoms with E-state index >= 15 is 0 Å². The van der Waals surface area contributed by atoms with E-state index in [4.69, 9.17) is 4.74 Å². The Balaban J connectivity index is 2.22. The molecule has 31 heavy (non-hydrogen) atoms. The zero-order valence-corrected chi connectivity index (χ0v) is 21.0. The predicted molar refractivity (Wildman–Crippen MR) is 136 cm³/mol. The first-order chi connectivity index (χ1) is 15.0. The van der Waals surface area contributed by atoms with Crippen LogP contribution in [0.25, 0.3) is 0 Å². The molecule has 0 spiro atoms. The highest BCUT2D eigenvalue weighted by Gasteiger charge is 2.19. The Bertz CT molecular complexity index is 682. The lowest BCUT2D eigenvalue weighted by Gasteiger charge is -2.24. The molecule has 172 valence electrons. The molecule has 0 saturated carbocycles.